The standard InChI is InChI=1S/C12H20N2O3S2/c1-13-7-9-17-11-3-5-12(6-4-11)19(15,16)14-8-10-18-2/h3-6,13-14H,7-10H2,1-2H3. The second-order valence-electron chi connectivity index (χ2n) is 3.81. The number of rotatable bonds is 9. The Hall–Kier alpha value is -0.760. The van der Waals surface area contributed by atoms with Gasteiger partial charge in [-0.15, -0.1) is 0 Å². The summed E-state index contributed by atoms with van der Waals surface area (Å²) in [7, 11) is -1.56. The van der Waals surface area contributed by atoms with Gasteiger partial charge >= 0.3 is 0 Å². The van der Waals surface area contributed by atoms with Crippen LogP contribution in [0.1, 0.15) is 0 Å². The highest BCUT2D eigenvalue weighted by molar-refractivity contribution is 7.98. The van der Waals surface area contributed by atoms with E-state index < -0.39 is 10.0 Å². The molecule has 0 fully saturated rings. The lowest BCUT2D eigenvalue weighted by Crippen LogP contribution is -2.25. The van der Waals surface area contributed by atoms with Crippen LogP contribution in [0.15, 0.2) is 29.2 Å². The lowest BCUT2D eigenvalue weighted by atomic mass is 10.3. The fraction of sp³-hybridized carbons (Fsp3) is 0.500. The van der Waals surface area contributed by atoms with Crippen LogP contribution in [-0.4, -0.2) is 47.2 Å². The lowest BCUT2D eigenvalue weighted by molar-refractivity contribution is 0.318. The summed E-state index contributed by atoms with van der Waals surface area (Å²) in [6, 6.07) is 6.43. The molecule has 19 heavy (non-hydrogen) atoms. The summed E-state index contributed by atoms with van der Waals surface area (Å²) in [6.07, 6.45) is 1.94. The normalized spacial score (nSPS) is 11.5. The van der Waals surface area contributed by atoms with Gasteiger partial charge in [-0.05, 0) is 37.6 Å². The van der Waals surface area contributed by atoms with E-state index in [9.17, 15) is 8.42 Å². The maximum atomic E-state index is 11.9. The van der Waals surface area contributed by atoms with Crippen molar-refractivity contribution in [3.8, 4) is 5.75 Å². The van der Waals surface area contributed by atoms with Crippen LogP contribution >= 0.6 is 11.8 Å². The quantitative estimate of drug-likeness (QED) is 0.664. The molecular formula is C12H20N2O3S2. The first-order valence-corrected chi connectivity index (χ1v) is 8.84. The third-order valence-corrected chi connectivity index (χ3v) is 4.44. The van der Waals surface area contributed by atoms with E-state index in [-0.39, 0.29) is 4.90 Å². The highest BCUT2D eigenvalue weighted by Gasteiger charge is 2.12. The molecule has 0 heterocycles. The molecule has 7 heteroatoms. The minimum Gasteiger partial charge on any atom is -0.492 e. The Balaban J connectivity index is 2.59. The highest BCUT2D eigenvalue weighted by Crippen LogP contribution is 2.15. The van der Waals surface area contributed by atoms with Gasteiger partial charge in [0.05, 0.1) is 4.90 Å². The zero-order valence-electron chi connectivity index (χ0n) is 11.2. The monoisotopic (exact) mass is 304 g/mol. The van der Waals surface area contributed by atoms with E-state index in [0.29, 0.717) is 18.9 Å². The number of ether oxygens (including phenoxy) is 1. The van der Waals surface area contributed by atoms with Crippen molar-refractivity contribution in [3.63, 3.8) is 0 Å². The van der Waals surface area contributed by atoms with Gasteiger partial charge in [-0.25, -0.2) is 13.1 Å². The van der Waals surface area contributed by atoms with Gasteiger partial charge in [-0.1, -0.05) is 0 Å². The van der Waals surface area contributed by atoms with Crippen LogP contribution in [0.2, 0.25) is 0 Å². The number of benzene rings is 1. The molecule has 0 bridgehead atoms. The summed E-state index contributed by atoms with van der Waals surface area (Å²) < 4.78 is 31.8. The Labute approximate surface area is 119 Å². The number of hydrogen-bond acceptors (Lipinski definition) is 5. The first-order valence-electron chi connectivity index (χ1n) is 5.96. The largest absolute Gasteiger partial charge is 0.492 e. The molecule has 2 N–H and O–H groups in total. The number of sulfonamides is 1. The van der Waals surface area contributed by atoms with Gasteiger partial charge in [0, 0.05) is 18.8 Å². The number of nitrogens with one attached hydrogen (secondary N) is 2. The molecule has 1 aromatic rings. The highest BCUT2D eigenvalue weighted by atomic mass is 32.2. The van der Waals surface area contributed by atoms with Gasteiger partial charge in [-0.3, -0.25) is 0 Å². The molecule has 0 aliphatic carbocycles. The topological polar surface area (TPSA) is 67.4 Å². The number of likely N-dealkylation sites (N-methyl/N-ethyl adjacent to an activating group) is 1. The van der Waals surface area contributed by atoms with Gasteiger partial charge in [0.1, 0.15) is 12.4 Å². The maximum absolute atomic E-state index is 11.9. The van der Waals surface area contributed by atoms with E-state index in [1.54, 1.807) is 36.0 Å². The average molecular weight is 304 g/mol. The molecule has 0 saturated heterocycles. The van der Waals surface area contributed by atoms with Crippen LogP contribution < -0.4 is 14.8 Å². The first-order chi connectivity index (χ1) is 9.10. The minimum atomic E-state index is -3.41. The Morgan fingerprint density at radius 1 is 1.21 bits per heavy atom. The Morgan fingerprint density at radius 3 is 2.47 bits per heavy atom. The van der Waals surface area contributed by atoms with Gasteiger partial charge in [0.2, 0.25) is 10.0 Å². The van der Waals surface area contributed by atoms with E-state index in [1.165, 1.54) is 0 Å². The molecule has 1 rings (SSSR count). The molecule has 0 radical (unpaired) electrons. The van der Waals surface area contributed by atoms with Crippen molar-refractivity contribution in [2.45, 2.75) is 4.90 Å². The van der Waals surface area contributed by atoms with Crippen LogP contribution in [0, 0.1) is 0 Å². The van der Waals surface area contributed by atoms with Crippen LogP contribution in [-0.2, 0) is 10.0 Å². The molecule has 0 amide bonds. The zero-order chi connectivity index (χ0) is 14.1. The SMILES string of the molecule is CNCCOc1ccc(S(=O)(=O)NCCSC)cc1. The molecule has 0 saturated carbocycles. The van der Waals surface area contributed by atoms with Gasteiger partial charge < -0.3 is 10.1 Å². The predicted molar refractivity (Wildman–Crippen MR) is 79.4 cm³/mol. The number of hydrogen-bond donors (Lipinski definition) is 2. The Kier molecular flexibility index (Phi) is 7.22. The van der Waals surface area contributed by atoms with Gasteiger partial charge in [-0.2, -0.15) is 11.8 Å². The number of thioether (sulfide) groups is 1. The molecule has 0 aromatic heterocycles. The summed E-state index contributed by atoms with van der Waals surface area (Å²) in [5, 5.41) is 2.97. The summed E-state index contributed by atoms with van der Waals surface area (Å²) in [4.78, 5) is 0.259. The molecule has 108 valence electrons. The summed E-state index contributed by atoms with van der Waals surface area (Å²) >= 11 is 1.60. The predicted octanol–water partition coefficient (Wildman–Crippen LogP) is 0.926. The van der Waals surface area contributed by atoms with Crippen LogP contribution in [0.4, 0.5) is 0 Å². The van der Waals surface area contributed by atoms with Crippen LogP contribution in [0.25, 0.3) is 0 Å². The minimum absolute atomic E-state index is 0.259. The van der Waals surface area contributed by atoms with Crippen molar-refractivity contribution in [2.75, 3.05) is 38.8 Å². The first kappa shape index (κ1) is 16.3. The van der Waals surface area contributed by atoms with Crippen molar-refractivity contribution in [2.24, 2.45) is 0 Å². The molecule has 0 spiro atoms. The van der Waals surface area contributed by atoms with Crippen molar-refractivity contribution < 1.29 is 13.2 Å². The third kappa shape index (κ3) is 5.82. The Morgan fingerprint density at radius 2 is 1.89 bits per heavy atom. The van der Waals surface area contributed by atoms with E-state index in [4.69, 9.17) is 4.74 Å². The maximum Gasteiger partial charge on any atom is 0.240 e. The smallest absolute Gasteiger partial charge is 0.240 e. The van der Waals surface area contributed by atoms with Crippen molar-refractivity contribution in [3.05, 3.63) is 24.3 Å². The molecule has 0 aliphatic heterocycles. The fourth-order valence-corrected chi connectivity index (χ4v) is 2.81. The van der Waals surface area contributed by atoms with Crippen molar-refractivity contribution in [1.29, 1.82) is 0 Å². The third-order valence-electron chi connectivity index (χ3n) is 2.35. The second-order valence-corrected chi connectivity index (χ2v) is 6.57. The van der Waals surface area contributed by atoms with Crippen molar-refractivity contribution >= 4 is 21.8 Å². The van der Waals surface area contributed by atoms with Crippen LogP contribution in [0.3, 0.4) is 0 Å². The second kappa shape index (κ2) is 8.42. The van der Waals surface area contributed by atoms with Crippen LogP contribution in [0.5, 0.6) is 5.75 Å². The molecule has 0 atom stereocenters. The van der Waals surface area contributed by atoms with E-state index in [0.717, 1.165) is 12.3 Å². The molecular weight excluding hydrogens is 284 g/mol. The summed E-state index contributed by atoms with van der Waals surface area (Å²) in [5.41, 5.74) is 0. The van der Waals surface area contributed by atoms with E-state index >= 15 is 0 Å². The molecule has 5 nitrogen and oxygen atoms in total. The molecule has 1 aromatic carbocycles. The molecule has 0 aliphatic rings. The molecule has 0 unspecified atom stereocenters. The summed E-state index contributed by atoms with van der Waals surface area (Å²) in [6.45, 7) is 1.73. The zero-order valence-corrected chi connectivity index (χ0v) is 12.8. The average Bonchev–Trinajstić information content (AvgIpc) is 2.40. The lowest BCUT2D eigenvalue weighted by Gasteiger charge is -2.08. The van der Waals surface area contributed by atoms with E-state index in [1.807, 2.05) is 13.3 Å². The fourth-order valence-electron chi connectivity index (χ4n) is 1.35. The summed E-state index contributed by atoms with van der Waals surface area (Å²) in [5.74, 6) is 1.42. The van der Waals surface area contributed by atoms with Gasteiger partial charge in [0.25, 0.3) is 0 Å². The van der Waals surface area contributed by atoms with Crippen molar-refractivity contribution in [1.82, 2.24) is 10.0 Å². The van der Waals surface area contributed by atoms with E-state index in [2.05, 4.69) is 10.0 Å². The Bertz CT molecular complexity index is 460. The van der Waals surface area contributed by atoms with Gasteiger partial charge in [0.15, 0.2) is 0 Å².